The lowest BCUT2D eigenvalue weighted by Crippen LogP contribution is -2.33. The smallest absolute Gasteiger partial charge is 0.335 e. The van der Waals surface area contributed by atoms with Gasteiger partial charge in [-0.2, -0.15) is 5.10 Å². The minimum atomic E-state index is -0.823. The third kappa shape index (κ3) is 2.97. The lowest BCUT2D eigenvalue weighted by Gasteiger charge is -2.29. The van der Waals surface area contributed by atoms with Crippen LogP contribution in [0.2, 0.25) is 0 Å². The van der Waals surface area contributed by atoms with Gasteiger partial charge in [-0.15, -0.1) is 0 Å². The van der Waals surface area contributed by atoms with E-state index in [9.17, 15) is 9.90 Å². The van der Waals surface area contributed by atoms with Gasteiger partial charge in [0.1, 0.15) is 0 Å². The molecule has 0 unspecified atom stereocenters. The molecule has 0 fully saturated rings. The Hall–Kier alpha value is -2.14. The van der Waals surface area contributed by atoms with E-state index in [-0.39, 0.29) is 0 Å². The Morgan fingerprint density at radius 2 is 2.29 bits per heavy atom. The summed E-state index contributed by atoms with van der Waals surface area (Å²) in [6.45, 7) is 2.72. The molecule has 0 saturated heterocycles. The van der Waals surface area contributed by atoms with Crippen molar-refractivity contribution in [2.45, 2.75) is 19.4 Å². The van der Waals surface area contributed by atoms with Crippen molar-refractivity contribution in [3.05, 3.63) is 52.8 Å². The molecule has 0 atom stereocenters. The van der Waals surface area contributed by atoms with Crippen LogP contribution in [0.25, 0.3) is 0 Å². The van der Waals surface area contributed by atoms with Gasteiger partial charge in [0.05, 0.1) is 11.8 Å². The van der Waals surface area contributed by atoms with Crippen molar-refractivity contribution >= 4 is 5.97 Å². The number of aryl methyl sites for hydroxylation is 1. The monoisotopic (exact) mass is 285 g/mol. The van der Waals surface area contributed by atoms with Crippen LogP contribution in [0.4, 0.5) is 0 Å². The highest BCUT2D eigenvalue weighted by atomic mass is 16.4. The van der Waals surface area contributed by atoms with Gasteiger partial charge in [-0.05, 0) is 35.6 Å². The molecular formula is C16H19N3O2. The van der Waals surface area contributed by atoms with Crippen molar-refractivity contribution in [3.63, 3.8) is 0 Å². The Labute approximate surface area is 123 Å². The van der Waals surface area contributed by atoms with E-state index in [1.54, 1.807) is 6.07 Å². The Morgan fingerprint density at radius 1 is 1.43 bits per heavy atom. The van der Waals surface area contributed by atoms with Crippen molar-refractivity contribution in [2.75, 3.05) is 13.1 Å². The number of rotatable bonds is 4. The first-order valence-electron chi connectivity index (χ1n) is 7.17. The third-order valence-electron chi connectivity index (χ3n) is 4.05. The van der Waals surface area contributed by atoms with E-state index in [2.05, 4.69) is 10.00 Å². The molecule has 0 bridgehead atoms. The van der Waals surface area contributed by atoms with Gasteiger partial charge in [0.2, 0.25) is 0 Å². The Balaban J connectivity index is 1.67. The second kappa shape index (κ2) is 5.69. The molecule has 1 aliphatic heterocycles. The van der Waals surface area contributed by atoms with E-state index < -0.39 is 5.97 Å². The van der Waals surface area contributed by atoms with Crippen LogP contribution in [0, 0.1) is 0 Å². The number of carboxylic acids is 1. The van der Waals surface area contributed by atoms with Crippen LogP contribution in [-0.2, 0) is 26.4 Å². The average molecular weight is 285 g/mol. The molecule has 0 spiro atoms. The van der Waals surface area contributed by atoms with Crippen LogP contribution in [0.1, 0.15) is 27.0 Å². The van der Waals surface area contributed by atoms with E-state index >= 15 is 0 Å². The molecule has 2 heterocycles. The van der Waals surface area contributed by atoms with Gasteiger partial charge in [0.25, 0.3) is 0 Å². The average Bonchev–Trinajstić information content (AvgIpc) is 2.89. The number of benzene rings is 1. The zero-order valence-electron chi connectivity index (χ0n) is 12.1. The normalized spacial score (nSPS) is 14.9. The van der Waals surface area contributed by atoms with Crippen LogP contribution < -0.4 is 0 Å². The molecule has 0 amide bonds. The van der Waals surface area contributed by atoms with E-state index in [4.69, 9.17) is 0 Å². The van der Waals surface area contributed by atoms with Gasteiger partial charge in [-0.1, -0.05) is 12.1 Å². The van der Waals surface area contributed by atoms with E-state index in [1.807, 2.05) is 36.3 Å². The minimum Gasteiger partial charge on any atom is -0.478 e. The molecule has 1 aliphatic rings. The van der Waals surface area contributed by atoms with Gasteiger partial charge in [-0.25, -0.2) is 4.79 Å². The number of fused-ring (bicyclic) bond motifs is 1. The van der Waals surface area contributed by atoms with Crippen LogP contribution in [0.15, 0.2) is 30.6 Å². The number of aromatic nitrogens is 2. The Kier molecular flexibility index (Phi) is 3.75. The summed E-state index contributed by atoms with van der Waals surface area (Å²) in [7, 11) is 1.92. The SMILES string of the molecule is Cn1cc(CCN2CCc3c(cccc3C(=O)O)C2)cn1. The summed E-state index contributed by atoms with van der Waals surface area (Å²) in [6, 6.07) is 5.58. The Bertz CT molecular complexity index is 663. The molecule has 1 aromatic heterocycles. The number of hydrogen-bond donors (Lipinski definition) is 1. The highest BCUT2D eigenvalue weighted by Gasteiger charge is 2.20. The topological polar surface area (TPSA) is 58.4 Å². The molecule has 2 aromatic rings. The number of carboxylic acid groups (broad SMARTS) is 1. The van der Waals surface area contributed by atoms with Crippen molar-refractivity contribution in [3.8, 4) is 0 Å². The van der Waals surface area contributed by atoms with Crippen molar-refractivity contribution in [2.24, 2.45) is 7.05 Å². The standard InChI is InChI=1S/C16H19N3O2/c1-18-10-12(9-17-18)5-7-19-8-6-14-13(11-19)3-2-4-15(14)16(20)21/h2-4,9-10H,5-8,11H2,1H3,(H,20,21). The maximum absolute atomic E-state index is 11.2. The zero-order chi connectivity index (χ0) is 14.8. The lowest BCUT2D eigenvalue weighted by atomic mass is 9.94. The second-order valence-corrected chi connectivity index (χ2v) is 5.55. The molecule has 0 saturated carbocycles. The van der Waals surface area contributed by atoms with Crippen LogP contribution in [-0.4, -0.2) is 38.8 Å². The summed E-state index contributed by atoms with van der Waals surface area (Å²) in [5, 5.41) is 13.4. The van der Waals surface area contributed by atoms with Gasteiger partial charge in [0, 0.05) is 32.9 Å². The fourth-order valence-electron chi connectivity index (χ4n) is 2.95. The first-order valence-corrected chi connectivity index (χ1v) is 7.17. The zero-order valence-corrected chi connectivity index (χ0v) is 12.1. The maximum Gasteiger partial charge on any atom is 0.335 e. The number of hydrogen-bond acceptors (Lipinski definition) is 3. The first kappa shape index (κ1) is 13.8. The van der Waals surface area contributed by atoms with Gasteiger partial charge in [-0.3, -0.25) is 9.58 Å². The molecule has 110 valence electrons. The molecule has 5 nitrogen and oxygen atoms in total. The predicted octanol–water partition coefficient (Wildman–Crippen LogP) is 1.72. The molecule has 21 heavy (non-hydrogen) atoms. The fourth-order valence-corrected chi connectivity index (χ4v) is 2.95. The minimum absolute atomic E-state index is 0.458. The number of aromatic carboxylic acids is 1. The Morgan fingerprint density at radius 3 is 3.00 bits per heavy atom. The largest absolute Gasteiger partial charge is 0.478 e. The molecule has 1 aromatic carbocycles. The number of nitrogens with zero attached hydrogens (tertiary/aromatic N) is 3. The molecule has 5 heteroatoms. The van der Waals surface area contributed by atoms with Crippen LogP contribution >= 0.6 is 0 Å². The summed E-state index contributed by atoms with van der Waals surface area (Å²) in [5.41, 5.74) is 3.84. The van der Waals surface area contributed by atoms with E-state index in [0.29, 0.717) is 5.56 Å². The van der Waals surface area contributed by atoms with Gasteiger partial charge >= 0.3 is 5.97 Å². The lowest BCUT2D eigenvalue weighted by molar-refractivity contribution is 0.0694. The van der Waals surface area contributed by atoms with Crippen molar-refractivity contribution in [1.29, 1.82) is 0 Å². The summed E-state index contributed by atoms with van der Waals surface area (Å²) in [5.74, 6) is -0.823. The molecule has 0 radical (unpaired) electrons. The second-order valence-electron chi connectivity index (χ2n) is 5.55. The van der Waals surface area contributed by atoms with Crippen LogP contribution in [0.3, 0.4) is 0 Å². The fraction of sp³-hybridized carbons (Fsp3) is 0.375. The first-order chi connectivity index (χ1) is 10.1. The summed E-state index contributed by atoms with van der Waals surface area (Å²) < 4.78 is 1.82. The molecular weight excluding hydrogens is 266 g/mol. The van der Waals surface area contributed by atoms with Gasteiger partial charge in [0.15, 0.2) is 0 Å². The predicted molar refractivity (Wildman–Crippen MR) is 79.3 cm³/mol. The number of carbonyl (C=O) groups is 1. The van der Waals surface area contributed by atoms with Gasteiger partial charge < -0.3 is 5.11 Å². The van der Waals surface area contributed by atoms with E-state index in [0.717, 1.165) is 43.6 Å². The quantitative estimate of drug-likeness (QED) is 0.929. The van der Waals surface area contributed by atoms with E-state index in [1.165, 1.54) is 5.56 Å². The van der Waals surface area contributed by atoms with Crippen molar-refractivity contribution in [1.82, 2.24) is 14.7 Å². The maximum atomic E-state index is 11.2. The van der Waals surface area contributed by atoms with Crippen LogP contribution in [0.5, 0.6) is 0 Å². The summed E-state index contributed by atoms with van der Waals surface area (Å²) >= 11 is 0. The molecule has 0 aliphatic carbocycles. The third-order valence-corrected chi connectivity index (χ3v) is 4.05. The summed E-state index contributed by atoms with van der Waals surface area (Å²) in [4.78, 5) is 13.6. The molecule has 3 rings (SSSR count). The molecule has 1 N–H and O–H groups in total. The van der Waals surface area contributed by atoms with Crippen molar-refractivity contribution < 1.29 is 9.90 Å². The highest BCUT2D eigenvalue weighted by Crippen LogP contribution is 2.22. The summed E-state index contributed by atoms with van der Waals surface area (Å²) in [6.07, 6.45) is 5.73. The highest BCUT2D eigenvalue weighted by molar-refractivity contribution is 5.89.